The van der Waals surface area contributed by atoms with Gasteiger partial charge in [-0.05, 0) is 98.4 Å². The lowest BCUT2D eigenvalue weighted by molar-refractivity contribution is -0.122. The van der Waals surface area contributed by atoms with Crippen molar-refractivity contribution in [1.82, 2.24) is 5.32 Å². The van der Waals surface area contributed by atoms with Gasteiger partial charge in [0.25, 0.3) is 11.8 Å². The first-order valence-electron chi connectivity index (χ1n) is 10.5. The van der Waals surface area contributed by atoms with Crippen molar-refractivity contribution in [3.63, 3.8) is 0 Å². The van der Waals surface area contributed by atoms with E-state index in [0.717, 1.165) is 22.0 Å². The summed E-state index contributed by atoms with van der Waals surface area (Å²) in [7, 11) is 2.12. The smallest absolute Gasteiger partial charge is 0.270 e. The molecule has 1 fully saturated rings. The number of aryl methyl sites for hydroxylation is 1. The van der Waals surface area contributed by atoms with Gasteiger partial charge >= 0.3 is 0 Å². The fraction of sp³-hybridized carbons (Fsp3) is 0.320. The zero-order chi connectivity index (χ0) is 23.4. The molecule has 2 heterocycles. The van der Waals surface area contributed by atoms with Gasteiger partial charge in [-0.3, -0.25) is 19.8 Å². The predicted octanol–water partition coefficient (Wildman–Crippen LogP) is 5.31. The lowest BCUT2D eigenvalue weighted by atomic mass is 9.79. The van der Waals surface area contributed by atoms with Crippen LogP contribution in [0.5, 0.6) is 0 Å². The summed E-state index contributed by atoms with van der Waals surface area (Å²) in [5.74, 6) is -0.537. The first kappa shape index (κ1) is 22.7. The van der Waals surface area contributed by atoms with Crippen LogP contribution < -0.4 is 15.1 Å². The Hall–Kier alpha value is -2.51. The van der Waals surface area contributed by atoms with E-state index in [9.17, 15) is 9.59 Å². The second-order valence-electron chi connectivity index (χ2n) is 9.18. The van der Waals surface area contributed by atoms with Gasteiger partial charge in [0, 0.05) is 22.7 Å². The molecule has 1 atom stereocenters. The summed E-state index contributed by atoms with van der Waals surface area (Å²) in [6.45, 7) is 8.74. The lowest BCUT2D eigenvalue weighted by Crippen LogP contribution is -2.54. The number of hydrogen-bond donors (Lipinski definition) is 1. The van der Waals surface area contributed by atoms with E-state index < -0.39 is 11.8 Å². The van der Waals surface area contributed by atoms with E-state index in [1.807, 2.05) is 19.1 Å². The van der Waals surface area contributed by atoms with Gasteiger partial charge in [0.1, 0.15) is 5.57 Å². The van der Waals surface area contributed by atoms with Crippen LogP contribution in [0.15, 0.2) is 46.4 Å². The molecule has 0 saturated carbocycles. The number of thiocarbonyl (C=S) groups is 1. The van der Waals surface area contributed by atoms with Crippen LogP contribution in [0.3, 0.4) is 0 Å². The maximum Gasteiger partial charge on any atom is 0.270 e. The molecule has 7 heteroatoms. The number of anilines is 2. The van der Waals surface area contributed by atoms with Crippen LogP contribution in [0.4, 0.5) is 11.4 Å². The molecule has 0 spiro atoms. The van der Waals surface area contributed by atoms with E-state index in [-0.39, 0.29) is 16.2 Å². The van der Waals surface area contributed by atoms with Gasteiger partial charge in [-0.1, -0.05) is 28.9 Å². The molecule has 32 heavy (non-hydrogen) atoms. The number of rotatable bonds is 2. The van der Waals surface area contributed by atoms with Gasteiger partial charge in [0.15, 0.2) is 5.11 Å². The summed E-state index contributed by atoms with van der Waals surface area (Å²) in [4.78, 5) is 29.8. The number of fused-ring (bicyclic) bond motifs is 1. The van der Waals surface area contributed by atoms with Crippen LogP contribution in [-0.2, 0) is 9.59 Å². The van der Waals surface area contributed by atoms with Crippen molar-refractivity contribution < 1.29 is 9.59 Å². The average molecular weight is 512 g/mol. The van der Waals surface area contributed by atoms with Crippen LogP contribution in [0, 0.1) is 6.92 Å². The molecule has 0 radical (unpaired) electrons. The van der Waals surface area contributed by atoms with Crippen LogP contribution in [-0.4, -0.2) is 29.5 Å². The van der Waals surface area contributed by atoms with Gasteiger partial charge in [0.05, 0.1) is 5.69 Å². The fourth-order valence-corrected chi connectivity index (χ4v) is 5.22. The molecule has 2 aliphatic rings. The van der Waals surface area contributed by atoms with Crippen LogP contribution in [0.1, 0.15) is 49.8 Å². The van der Waals surface area contributed by atoms with Gasteiger partial charge in [-0.15, -0.1) is 0 Å². The number of nitrogens with one attached hydrogen (secondary N) is 1. The summed E-state index contributed by atoms with van der Waals surface area (Å²) in [6.07, 6.45) is 2.71. The van der Waals surface area contributed by atoms with Crippen molar-refractivity contribution in [2.75, 3.05) is 16.8 Å². The highest BCUT2D eigenvalue weighted by Crippen LogP contribution is 2.43. The van der Waals surface area contributed by atoms with E-state index in [0.29, 0.717) is 11.6 Å². The molecular weight excluding hydrogens is 486 g/mol. The van der Waals surface area contributed by atoms with Crippen molar-refractivity contribution >= 4 is 62.5 Å². The molecule has 0 aromatic heterocycles. The fourth-order valence-electron chi connectivity index (χ4n) is 4.55. The minimum Gasteiger partial charge on any atom is -0.369 e. The van der Waals surface area contributed by atoms with Crippen molar-refractivity contribution in [1.29, 1.82) is 0 Å². The number of carbonyl (C=O) groups is 2. The molecule has 1 unspecified atom stereocenters. The SMILES string of the molecule is Cc1cc2c(cc1/C=C1\C(=O)NC(=S)N(c3cccc(Br)c3)C1=O)C(C)CC(C)(C)N2C. The van der Waals surface area contributed by atoms with Crippen LogP contribution in [0.2, 0.25) is 0 Å². The molecule has 4 rings (SSSR count). The molecule has 0 aliphatic carbocycles. The molecule has 1 saturated heterocycles. The predicted molar refractivity (Wildman–Crippen MR) is 137 cm³/mol. The highest BCUT2D eigenvalue weighted by Gasteiger charge is 2.36. The topological polar surface area (TPSA) is 52.7 Å². The van der Waals surface area contributed by atoms with E-state index in [4.69, 9.17) is 12.2 Å². The number of carbonyl (C=O) groups excluding carboxylic acids is 2. The summed E-state index contributed by atoms with van der Waals surface area (Å²) in [5, 5.41) is 2.74. The standard InChI is InChI=1S/C25H26BrN3O2S/c1-14-9-21-19(15(2)13-25(3,4)28(21)5)10-16(14)11-20-22(30)27-24(32)29(23(20)31)18-8-6-7-17(26)12-18/h6-12,15H,13H2,1-5H3,(H,27,30,32)/b20-11+. The molecule has 2 aliphatic heterocycles. The lowest BCUT2D eigenvalue weighted by Gasteiger charge is -2.45. The zero-order valence-electron chi connectivity index (χ0n) is 18.8. The summed E-state index contributed by atoms with van der Waals surface area (Å²) >= 11 is 8.73. The number of hydrogen-bond acceptors (Lipinski definition) is 4. The first-order chi connectivity index (χ1) is 15.0. The Morgan fingerprint density at radius 3 is 2.62 bits per heavy atom. The third-order valence-electron chi connectivity index (χ3n) is 6.49. The molecule has 2 aromatic rings. The van der Waals surface area contributed by atoms with Gasteiger partial charge in [-0.2, -0.15) is 0 Å². The van der Waals surface area contributed by atoms with Gasteiger partial charge < -0.3 is 4.90 Å². The maximum absolute atomic E-state index is 13.3. The van der Waals surface area contributed by atoms with E-state index in [2.05, 4.69) is 66.1 Å². The van der Waals surface area contributed by atoms with Gasteiger partial charge in [0.2, 0.25) is 0 Å². The van der Waals surface area contributed by atoms with E-state index >= 15 is 0 Å². The Kier molecular flexibility index (Phi) is 5.75. The number of amides is 2. The molecule has 5 nitrogen and oxygen atoms in total. The average Bonchev–Trinajstić information content (AvgIpc) is 2.69. The maximum atomic E-state index is 13.3. The number of halogens is 1. The third kappa shape index (κ3) is 3.88. The Labute approximate surface area is 202 Å². The normalized spacial score (nSPS) is 21.6. The minimum absolute atomic E-state index is 0.0677. The number of benzene rings is 2. The Balaban J connectivity index is 1.78. The van der Waals surface area contributed by atoms with Crippen LogP contribution >= 0.6 is 28.1 Å². The van der Waals surface area contributed by atoms with E-state index in [1.54, 1.807) is 18.2 Å². The van der Waals surface area contributed by atoms with Crippen LogP contribution in [0.25, 0.3) is 6.08 Å². The van der Waals surface area contributed by atoms with Gasteiger partial charge in [-0.25, -0.2) is 0 Å². The minimum atomic E-state index is -0.477. The highest BCUT2D eigenvalue weighted by atomic mass is 79.9. The monoisotopic (exact) mass is 511 g/mol. The molecule has 0 bridgehead atoms. The second-order valence-corrected chi connectivity index (χ2v) is 10.5. The highest BCUT2D eigenvalue weighted by molar-refractivity contribution is 9.10. The Bertz CT molecular complexity index is 1190. The Morgan fingerprint density at radius 1 is 1.22 bits per heavy atom. The summed E-state index contributed by atoms with van der Waals surface area (Å²) in [6, 6.07) is 11.5. The summed E-state index contributed by atoms with van der Waals surface area (Å²) < 4.78 is 0.819. The van der Waals surface area contributed by atoms with Crippen molar-refractivity contribution in [2.45, 2.75) is 45.6 Å². The second kappa shape index (κ2) is 8.12. The molecule has 2 amide bonds. The number of nitrogens with zero attached hydrogens (tertiary/aromatic N) is 2. The largest absolute Gasteiger partial charge is 0.369 e. The molecule has 166 valence electrons. The first-order valence-corrected chi connectivity index (χ1v) is 11.7. The zero-order valence-corrected chi connectivity index (χ0v) is 21.2. The van der Waals surface area contributed by atoms with Crippen molar-refractivity contribution in [3.8, 4) is 0 Å². The molecular formula is C25H26BrN3O2S. The van der Waals surface area contributed by atoms with E-state index in [1.165, 1.54) is 16.2 Å². The summed E-state index contributed by atoms with van der Waals surface area (Å²) in [5.41, 5.74) is 5.04. The quantitative estimate of drug-likeness (QED) is 0.337. The molecule has 1 N–H and O–H groups in total. The van der Waals surface area contributed by atoms with Crippen molar-refractivity contribution in [2.24, 2.45) is 0 Å². The third-order valence-corrected chi connectivity index (χ3v) is 7.27. The Morgan fingerprint density at radius 2 is 1.94 bits per heavy atom. The van der Waals surface area contributed by atoms with Crippen molar-refractivity contribution in [3.05, 3.63) is 63.1 Å². The molecule has 2 aromatic carbocycles.